The molecule has 0 atom stereocenters. The summed E-state index contributed by atoms with van der Waals surface area (Å²) in [5.74, 6) is 0.497. The standard InChI is InChI=1S/C12H14O3/c13-7-11-6-10(8-15-11)12(14)9-4-2-1-3-5-9/h6-9H,1-5H2. The Morgan fingerprint density at radius 3 is 2.67 bits per heavy atom. The summed E-state index contributed by atoms with van der Waals surface area (Å²) < 4.78 is 4.94. The molecule has 0 amide bonds. The number of hydrogen-bond acceptors (Lipinski definition) is 3. The molecule has 0 spiro atoms. The van der Waals surface area contributed by atoms with Gasteiger partial charge in [-0.25, -0.2) is 0 Å². The van der Waals surface area contributed by atoms with E-state index in [1.165, 1.54) is 18.8 Å². The molecule has 0 aliphatic heterocycles. The molecule has 0 saturated heterocycles. The number of rotatable bonds is 3. The van der Waals surface area contributed by atoms with E-state index in [-0.39, 0.29) is 17.5 Å². The minimum atomic E-state index is 0.131. The predicted molar refractivity (Wildman–Crippen MR) is 55.0 cm³/mol. The van der Waals surface area contributed by atoms with Gasteiger partial charge in [-0.1, -0.05) is 19.3 Å². The summed E-state index contributed by atoms with van der Waals surface area (Å²) in [6, 6.07) is 1.53. The minimum absolute atomic E-state index is 0.131. The molecule has 1 aliphatic carbocycles. The van der Waals surface area contributed by atoms with Crippen LogP contribution < -0.4 is 0 Å². The number of furan rings is 1. The Hall–Kier alpha value is -1.38. The summed E-state index contributed by atoms with van der Waals surface area (Å²) in [7, 11) is 0. The lowest BCUT2D eigenvalue weighted by molar-refractivity contribution is 0.0888. The van der Waals surface area contributed by atoms with E-state index in [4.69, 9.17) is 4.42 Å². The molecule has 0 radical (unpaired) electrons. The summed E-state index contributed by atoms with van der Waals surface area (Å²) in [4.78, 5) is 22.4. The van der Waals surface area contributed by atoms with Gasteiger partial charge in [0.1, 0.15) is 6.26 Å². The topological polar surface area (TPSA) is 47.3 Å². The SMILES string of the molecule is O=Cc1cc(C(=O)C2CCCCC2)co1. The number of carbonyl (C=O) groups excluding carboxylic acids is 2. The van der Waals surface area contributed by atoms with E-state index in [0.717, 1.165) is 25.7 Å². The zero-order valence-electron chi connectivity index (χ0n) is 8.57. The van der Waals surface area contributed by atoms with E-state index in [1.807, 2.05) is 0 Å². The molecule has 1 saturated carbocycles. The van der Waals surface area contributed by atoms with Crippen molar-refractivity contribution in [1.29, 1.82) is 0 Å². The van der Waals surface area contributed by atoms with E-state index >= 15 is 0 Å². The van der Waals surface area contributed by atoms with Crippen LogP contribution in [0.3, 0.4) is 0 Å². The quantitative estimate of drug-likeness (QED) is 0.564. The van der Waals surface area contributed by atoms with Gasteiger partial charge in [-0.15, -0.1) is 0 Å². The van der Waals surface area contributed by atoms with Crippen molar-refractivity contribution in [3.05, 3.63) is 23.7 Å². The van der Waals surface area contributed by atoms with E-state index in [2.05, 4.69) is 0 Å². The van der Waals surface area contributed by atoms with Gasteiger partial charge in [0.15, 0.2) is 17.8 Å². The Bertz CT molecular complexity index is 359. The van der Waals surface area contributed by atoms with Crippen LogP contribution in [0.4, 0.5) is 0 Å². The van der Waals surface area contributed by atoms with Crippen LogP contribution in [0.2, 0.25) is 0 Å². The number of carbonyl (C=O) groups is 2. The molecule has 3 nitrogen and oxygen atoms in total. The fourth-order valence-electron chi connectivity index (χ4n) is 2.14. The lowest BCUT2D eigenvalue weighted by atomic mass is 9.84. The smallest absolute Gasteiger partial charge is 0.185 e. The molecule has 15 heavy (non-hydrogen) atoms. The van der Waals surface area contributed by atoms with Crippen molar-refractivity contribution >= 4 is 12.1 Å². The van der Waals surface area contributed by atoms with Gasteiger partial charge in [0.05, 0.1) is 5.56 Å². The summed E-state index contributed by atoms with van der Waals surface area (Å²) in [5, 5.41) is 0. The van der Waals surface area contributed by atoms with Crippen LogP contribution in [0.1, 0.15) is 53.0 Å². The molecular weight excluding hydrogens is 192 g/mol. The molecule has 0 aromatic carbocycles. The van der Waals surface area contributed by atoms with Crippen LogP contribution in [-0.2, 0) is 0 Å². The molecule has 0 N–H and O–H groups in total. The van der Waals surface area contributed by atoms with E-state index in [9.17, 15) is 9.59 Å². The second-order valence-electron chi connectivity index (χ2n) is 4.05. The highest BCUT2D eigenvalue weighted by atomic mass is 16.3. The zero-order chi connectivity index (χ0) is 10.7. The average molecular weight is 206 g/mol. The third kappa shape index (κ3) is 2.17. The van der Waals surface area contributed by atoms with Crippen molar-refractivity contribution in [2.75, 3.05) is 0 Å². The molecule has 1 fully saturated rings. The van der Waals surface area contributed by atoms with Crippen LogP contribution in [0.15, 0.2) is 16.7 Å². The Morgan fingerprint density at radius 1 is 1.33 bits per heavy atom. The van der Waals surface area contributed by atoms with Crippen molar-refractivity contribution in [2.24, 2.45) is 5.92 Å². The van der Waals surface area contributed by atoms with Crippen LogP contribution >= 0.6 is 0 Å². The fraction of sp³-hybridized carbons (Fsp3) is 0.500. The third-order valence-corrected chi connectivity index (χ3v) is 3.00. The van der Waals surface area contributed by atoms with Gasteiger partial charge in [-0.05, 0) is 18.9 Å². The lowest BCUT2D eigenvalue weighted by Gasteiger charge is -2.19. The minimum Gasteiger partial charge on any atom is -0.461 e. The van der Waals surface area contributed by atoms with E-state index in [1.54, 1.807) is 0 Å². The number of hydrogen-bond donors (Lipinski definition) is 0. The fourth-order valence-corrected chi connectivity index (χ4v) is 2.14. The normalized spacial score (nSPS) is 17.6. The Morgan fingerprint density at radius 2 is 2.07 bits per heavy atom. The van der Waals surface area contributed by atoms with E-state index in [0.29, 0.717) is 11.8 Å². The second kappa shape index (κ2) is 4.43. The maximum atomic E-state index is 12.0. The zero-order valence-corrected chi connectivity index (χ0v) is 8.57. The molecule has 80 valence electrons. The van der Waals surface area contributed by atoms with Crippen molar-refractivity contribution in [3.8, 4) is 0 Å². The molecule has 0 bridgehead atoms. The van der Waals surface area contributed by atoms with Crippen LogP contribution in [0, 0.1) is 5.92 Å². The molecule has 1 aromatic rings. The summed E-state index contributed by atoms with van der Waals surface area (Å²) in [6.45, 7) is 0. The Kier molecular flexibility index (Phi) is 2.99. The molecule has 1 heterocycles. The third-order valence-electron chi connectivity index (χ3n) is 3.00. The Labute approximate surface area is 88.5 Å². The molecular formula is C12H14O3. The molecule has 2 rings (SSSR count). The number of aldehydes is 1. The average Bonchev–Trinajstić information content (AvgIpc) is 2.78. The van der Waals surface area contributed by atoms with Crippen molar-refractivity contribution in [1.82, 2.24) is 0 Å². The van der Waals surface area contributed by atoms with Gasteiger partial charge < -0.3 is 4.42 Å². The predicted octanol–water partition coefficient (Wildman–Crippen LogP) is 2.86. The van der Waals surface area contributed by atoms with Gasteiger partial charge in [0.25, 0.3) is 0 Å². The number of Topliss-reactive ketones (excluding diaryl/α,β-unsaturated/α-hetero) is 1. The van der Waals surface area contributed by atoms with Gasteiger partial charge in [-0.3, -0.25) is 9.59 Å². The van der Waals surface area contributed by atoms with E-state index < -0.39 is 0 Å². The van der Waals surface area contributed by atoms with Gasteiger partial charge in [0, 0.05) is 5.92 Å². The highest BCUT2D eigenvalue weighted by Gasteiger charge is 2.23. The highest BCUT2D eigenvalue weighted by molar-refractivity contribution is 5.98. The van der Waals surface area contributed by atoms with Gasteiger partial charge in [0.2, 0.25) is 0 Å². The van der Waals surface area contributed by atoms with Crippen LogP contribution in [0.25, 0.3) is 0 Å². The van der Waals surface area contributed by atoms with Gasteiger partial charge in [-0.2, -0.15) is 0 Å². The molecule has 1 aliphatic rings. The first-order valence-electron chi connectivity index (χ1n) is 5.39. The second-order valence-corrected chi connectivity index (χ2v) is 4.05. The first kappa shape index (κ1) is 10.1. The van der Waals surface area contributed by atoms with Crippen LogP contribution in [-0.4, -0.2) is 12.1 Å². The monoisotopic (exact) mass is 206 g/mol. The van der Waals surface area contributed by atoms with Crippen LogP contribution in [0.5, 0.6) is 0 Å². The summed E-state index contributed by atoms with van der Waals surface area (Å²) >= 11 is 0. The summed E-state index contributed by atoms with van der Waals surface area (Å²) in [5.41, 5.74) is 0.545. The lowest BCUT2D eigenvalue weighted by Crippen LogP contribution is -2.17. The van der Waals surface area contributed by atoms with Gasteiger partial charge >= 0.3 is 0 Å². The molecule has 3 heteroatoms. The first-order valence-corrected chi connectivity index (χ1v) is 5.39. The Balaban J connectivity index is 2.08. The maximum Gasteiger partial charge on any atom is 0.185 e. The van der Waals surface area contributed by atoms with Crippen molar-refractivity contribution in [3.63, 3.8) is 0 Å². The molecule has 0 unspecified atom stereocenters. The maximum absolute atomic E-state index is 12.0. The molecule has 1 aromatic heterocycles. The van der Waals surface area contributed by atoms with Crippen molar-refractivity contribution < 1.29 is 14.0 Å². The number of ketones is 1. The highest BCUT2D eigenvalue weighted by Crippen LogP contribution is 2.27. The first-order chi connectivity index (χ1) is 7.31. The largest absolute Gasteiger partial charge is 0.461 e. The summed E-state index contributed by atoms with van der Waals surface area (Å²) in [6.07, 6.45) is 7.46. The van der Waals surface area contributed by atoms with Crippen molar-refractivity contribution in [2.45, 2.75) is 32.1 Å².